The van der Waals surface area contributed by atoms with E-state index in [0.29, 0.717) is 18.8 Å². The zero-order valence-corrected chi connectivity index (χ0v) is 14.5. The van der Waals surface area contributed by atoms with Crippen LogP contribution in [0, 0.1) is 0 Å². The summed E-state index contributed by atoms with van der Waals surface area (Å²) < 4.78 is 6.38. The molecule has 0 unspecified atom stereocenters. The third-order valence-corrected chi connectivity index (χ3v) is 4.39. The Bertz CT molecular complexity index is 793. The number of methoxy groups -OCH3 is 1. The van der Waals surface area contributed by atoms with Crippen molar-refractivity contribution in [2.45, 2.75) is 6.54 Å². The van der Waals surface area contributed by atoms with Gasteiger partial charge in [-0.3, -0.25) is 9.59 Å². The van der Waals surface area contributed by atoms with Gasteiger partial charge >= 0.3 is 0 Å². The minimum Gasteiger partial charge on any atom is -0.497 e. The third kappa shape index (κ3) is 4.06. The molecular formula is C18H22N4O3. The molecule has 0 saturated carbocycles. The molecule has 2 heterocycles. The molecule has 2 aromatic rings. The van der Waals surface area contributed by atoms with Gasteiger partial charge < -0.3 is 14.5 Å². The van der Waals surface area contributed by atoms with E-state index in [-0.39, 0.29) is 18.0 Å². The number of piperazine rings is 1. The lowest BCUT2D eigenvalue weighted by atomic mass is 10.1. The van der Waals surface area contributed by atoms with Gasteiger partial charge in [0.05, 0.1) is 12.8 Å². The van der Waals surface area contributed by atoms with Crippen LogP contribution in [0.2, 0.25) is 0 Å². The molecule has 1 aromatic carbocycles. The first-order valence-corrected chi connectivity index (χ1v) is 8.26. The molecule has 7 nitrogen and oxygen atoms in total. The van der Waals surface area contributed by atoms with Gasteiger partial charge in [0.1, 0.15) is 12.3 Å². The van der Waals surface area contributed by atoms with Crippen molar-refractivity contribution < 1.29 is 9.53 Å². The van der Waals surface area contributed by atoms with Crippen LogP contribution >= 0.6 is 0 Å². The Morgan fingerprint density at radius 1 is 1.08 bits per heavy atom. The van der Waals surface area contributed by atoms with E-state index in [0.717, 1.165) is 24.4 Å². The first-order valence-electron chi connectivity index (χ1n) is 8.26. The van der Waals surface area contributed by atoms with Crippen LogP contribution < -0.4 is 10.3 Å². The summed E-state index contributed by atoms with van der Waals surface area (Å²) in [6.07, 6.45) is 0. The average molecular weight is 342 g/mol. The Morgan fingerprint density at radius 3 is 2.40 bits per heavy atom. The summed E-state index contributed by atoms with van der Waals surface area (Å²) in [5.74, 6) is 0.678. The van der Waals surface area contributed by atoms with E-state index in [1.165, 1.54) is 10.7 Å². The Morgan fingerprint density at radius 2 is 1.76 bits per heavy atom. The fourth-order valence-electron chi connectivity index (χ4n) is 2.76. The molecule has 1 aliphatic rings. The van der Waals surface area contributed by atoms with Crippen molar-refractivity contribution in [3.8, 4) is 17.0 Å². The molecule has 1 aliphatic heterocycles. The van der Waals surface area contributed by atoms with Crippen molar-refractivity contribution in [1.82, 2.24) is 19.6 Å². The van der Waals surface area contributed by atoms with E-state index in [1.807, 2.05) is 31.3 Å². The number of aromatic nitrogens is 2. The maximum atomic E-state index is 12.4. The van der Waals surface area contributed by atoms with Gasteiger partial charge in [-0.2, -0.15) is 5.10 Å². The maximum Gasteiger partial charge on any atom is 0.267 e. The van der Waals surface area contributed by atoms with Crippen molar-refractivity contribution in [2.75, 3.05) is 40.3 Å². The monoisotopic (exact) mass is 342 g/mol. The predicted molar refractivity (Wildman–Crippen MR) is 94.6 cm³/mol. The van der Waals surface area contributed by atoms with Crippen LogP contribution in [0.4, 0.5) is 0 Å². The fourth-order valence-corrected chi connectivity index (χ4v) is 2.76. The topological polar surface area (TPSA) is 67.7 Å². The molecule has 0 N–H and O–H groups in total. The normalized spacial score (nSPS) is 15.2. The number of carbonyl (C=O) groups excluding carboxylic acids is 1. The van der Waals surface area contributed by atoms with E-state index in [4.69, 9.17) is 4.74 Å². The van der Waals surface area contributed by atoms with Crippen molar-refractivity contribution in [1.29, 1.82) is 0 Å². The second kappa shape index (κ2) is 7.48. The van der Waals surface area contributed by atoms with Crippen molar-refractivity contribution in [2.24, 2.45) is 0 Å². The summed E-state index contributed by atoms with van der Waals surface area (Å²) in [5.41, 5.74) is 1.23. The molecule has 1 aromatic heterocycles. The number of benzene rings is 1. The second-order valence-electron chi connectivity index (χ2n) is 6.13. The molecule has 0 atom stereocenters. The van der Waals surface area contributed by atoms with Crippen LogP contribution in [0.25, 0.3) is 11.3 Å². The molecule has 132 valence electrons. The van der Waals surface area contributed by atoms with Crippen molar-refractivity contribution in [3.63, 3.8) is 0 Å². The summed E-state index contributed by atoms with van der Waals surface area (Å²) in [5, 5.41) is 4.35. The average Bonchev–Trinajstić information content (AvgIpc) is 2.64. The molecule has 0 bridgehead atoms. The maximum absolute atomic E-state index is 12.4. The molecule has 25 heavy (non-hydrogen) atoms. The predicted octanol–water partition coefficient (Wildman–Crippen LogP) is 0.693. The van der Waals surface area contributed by atoms with Crippen LogP contribution in [-0.4, -0.2) is 65.8 Å². The zero-order chi connectivity index (χ0) is 17.8. The lowest BCUT2D eigenvalue weighted by Crippen LogP contribution is -2.48. The van der Waals surface area contributed by atoms with E-state index in [9.17, 15) is 9.59 Å². The molecule has 1 saturated heterocycles. The standard InChI is InChI=1S/C18H22N4O3/c1-20-9-11-21(12-10-20)18(24)13-22-17(23)8-7-16(19-22)14-3-5-15(25-2)6-4-14/h3-8H,9-13H2,1-2H3. The summed E-state index contributed by atoms with van der Waals surface area (Å²) in [7, 11) is 3.64. The molecular weight excluding hydrogens is 320 g/mol. The number of rotatable bonds is 4. The Hall–Kier alpha value is -2.67. The highest BCUT2D eigenvalue weighted by molar-refractivity contribution is 5.76. The van der Waals surface area contributed by atoms with Crippen LogP contribution in [0.5, 0.6) is 5.75 Å². The smallest absolute Gasteiger partial charge is 0.267 e. The van der Waals surface area contributed by atoms with Gasteiger partial charge in [-0.05, 0) is 37.4 Å². The first-order chi connectivity index (χ1) is 12.1. The largest absolute Gasteiger partial charge is 0.497 e. The second-order valence-corrected chi connectivity index (χ2v) is 6.13. The molecule has 0 aliphatic carbocycles. The SMILES string of the molecule is COc1ccc(-c2ccc(=O)n(CC(=O)N3CCN(C)CC3)n2)cc1. The molecule has 3 rings (SSSR count). The Labute approximate surface area is 146 Å². The van der Waals surface area contributed by atoms with Gasteiger partial charge in [-0.1, -0.05) is 0 Å². The summed E-state index contributed by atoms with van der Waals surface area (Å²) in [4.78, 5) is 28.5. The van der Waals surface area contributed by atoms with Crippen molar-refractivity contribution in [3.05, 3.63) is 46.8 Å². The molecule has 1 fully saturated rings. The quantitative estimate of drug-likeness (QED) is 0.818. The Balaban J connectivity index is 1.77. The van der Waals surface area contributed by atoms with Crippen LogP contribution in [0.1, 0.15) is 0 Å². The highest BCUT2D eigenvalue weighted by Crippen LogP contribution is 2.19. The van der Waals surface area contributed by atoms with Gasteiger partial charge in [0.15, 0.2) is 0 Å². The number of amides is 1. The van der Waals surface area contributed by atoms with E-state index >= 15 is 0 Å². The lowest BCUT2D eigenvalue weighted by molar-refractivity contribution is -0.133. The minimum absolute atomic E-state index is 0.0352. The number of likely N-dealkylation sites (N-methyl/N-ethyl adjacent to an activating group) is 1. The summed E-state index contributed by atoms with van der Waals surface area (Å²) in [6, 6.07) is 10.5. The fraction of sp³-hybridized carbons (Fsp3) is 0.389. The minimum atomic E-state index is -0.278. The molecule has 0 spiro atoms. The van der Waals surface area contributed by atoms with E-state index in [2.05, 4.69) is 10.00 Å². The molecule has 7 heteroatoms. The highest BCUT2D eigenvalue weighted by Gasteiger charge is 2.20. The summed E-state index contributed by atoms with van der Waals surface area (Å²) in [6.45, 7) is 3.02. The number of carbonyl (C=O) groups is 1. The van der Waals surface area contributed by atoms with Gasteiger partial charge in [-0.15, -0.1) is 0 Å². The van der Waals surface area contributed by atoms with Gasteiger partial charge in [0, 0.05) is 37.8 Å². The van der Waals surface area contributed by atoms with Gasteiger partial charge in [-0.25, -0.2) is 4.68 Å². The number of hydrogen-bond donors (Lipinski definition) is 0. The number of ether oxygens (including phenoxy) is 1. The molecule has 1 amide bonds. The Kier molecular flexibility index (Phi) is 5.14. The third-order valence-electron chi connectivity index (χ3n) is 4.39. The van der Waals surface area contributed by atoms with Crippen molar-refractivity contribution >= 4 is 5.91 Å². The van der Waals surface area contributed by atoms with Gasteiger partial charge in [0.2, 0.25) is 5.91 Å². The zero-order valence-electron chi connectivity index (χ0n) is 14.5. The lowest BCUT2D eigenvalue weighted by Gasteiger charge is -2.32. The molecule has 0 radical (unpaired) electrons. The van der Waals surface area contributed by atoms with Crippen LogP contribution in [0.15, 0.2) is 41.2 Å². The van der Waals surface area contributed by atoms with Crippen LogP contribution in [0.3, 0.4) is 0 Å². The number of nitrogens with zero attached hydrogens (tertiary/aromatic N) is 4. The number of hydrogen-bond acceptors (Lipinski definition) is 5. The van der Waals surface area contributed by atoms with E-state index < -0.39 is 0 Å². The first kappa shape index (κ1) is 17.2. The van der Waals surface area contributed by atoms with Crippen LogP contribution in [-0.2, 0) is 11.3 Å². The highest BCUT2D eigenvalue weighted by atomic mass is 16.5. The van der Waals surface area contributed by atoms with E-state index in [1.54, 1.807) is 18.1 Å². The summed E-state index contributed by atoms with van der Waals surface area (Å²) >= 11 is 0. The van der Waals surface area contributed by atoms with Gasteiger partial charge in [0.25, 0.3) is 5.56 Å².